The third-order valence-corrected chi connectivity index (χ3v) is 3.51. The molecule has 0 aliphatic carbocycles. The molecule has 1 aromatic rings. The first-order valence-electron chi connectivity index (χ1n) is 6.20. The maximum Gasteiger partial charge on any atom is 0.309 e. The van der Waals surface area contributed by atoms with Gasteiger partial charge in [0.2, 0.25) is 0 Å². The first-order valence-corrected chi connectivity index (χ1v) is 6.20. The van der Waals surface area contributed by atoms with E-state index in [0.717, 1.165) is 0 Å². The molecule has 0 bridgehead atoms. The van der Waals surface area contributed by atoms with Crippen LogP contribution in [-0.2, 0) is 9.59 Å². The molecule has 1 amide bonds. The van der Waals surface area contributed by atoms with Gasteiger partial charge in [-0.1, -0.05) is 0 Å². The predicted octanol–water partition coefficient (Wildman–Crippen LogP) is 0.836. The van der Waals surface area contributed by atoms with E-state index in [1.54, 1.807) is 13.0 Å². The summed E-state index contributed by atoms with van der Waals surface area (Å²) in [6.45, 7) is 1.83. The van der Waals surface area contributed by atoms with Crippen molar-refractivity contribution in [2.24, 2.45) is 11.8 Å². The maximum atomic E-state index is 12.2. The van der Waals surface area contributed by atoms with Crippen LogP contribution in [0.15, 0.2) is 16.7 Å². The standard InChI is InChI=1S/C13H15NO6/c1-7-4-8(6-20-7)11(15)14-3-2-9(12(16)17)10(5-14)13(18)19/h4,6,9-10H,2-3,5H2,1H3,(H,16,17)(H,18,19). The number of hydrogen-bond donors (Lipinski definition) is 2. The monoisotopic (exact) mass is 281 g/mol. The summed E-state index contributed by atoms with van der Waals surface area (Å²) >= 11 is 0. The van der Waals surface area contributed by atoms with E-state index < -0.39 is 23.8 Å². The third kappa shape index (κ3) is 2.66. The Kier molecular flexibility index (Phi) is 3.78. The number of hydrogen-bond acceptors (Lipinski definition) is 4. The van der Waals surface area contributed by atoms with E-state index in [9.17, 15) is 14.4 Å². The summed E-state index contributed by atoms with van der Waals surface area (Å²) in [5, 5.41) is 18.1. The summed E-state index contributed by atoms with van der Waals surface area (Å²) in [4.78, 5) is 35.7. The lowest BCUT2D eigenvalue weighted by atomic mass is 9.85. The highest BCUT2D eigenvalue weighted by molar-refractivity contribution is 5.94. The van der Waals surface area contributed by atoms with Crippen LogP contribution in [0, 0.1) is 18.8 Å². The van der Waals surface area contributed by atoms with Crippen molar-refractivity contribution in [3.63, 3.8) is 0 Å². The average molecular weight is 281 g/mol. The van der Waals surface area contributed by atoms with Crippen molar-refractivity contribution in [3.8, 4) is 0 Å². The molecule has 2 atom stereocenters. The Hall–Kier alpha value is -2.31. The molecule has 1 aromatic heterocycles. The van der Waals surface area contributed by atoms with Gasteiger partial charge in [0.25, 0.3) is 5.91 Å². The molecule has 7 nitrogen and oxygen atoms in total. The van der Waals surface area contributed by atoms with E-state index in [4.69, 9.17) is 14.6 Å². The molecule has 0 spiro atoms. The number of carboxylic acid groups (broad SMARTS) is 2. The molecular formula is C13H15NO6. The number of carbonyl (C=O) groups is 3. The first kappa shape index (κ1) is 14.1. The van der Waals surface area contributed by atoms with Gasteiger partial charge in [0.05, 0.1) is 17.4 Å². The van der Waals surface area contributed by atoms with Crippen LogP contribution in [0.5, 0.6) is 0 Å². The summed E-state index contributed by atoms with van der Waals surface area (Å²) in [5.74, 6) is -4.12. The Labute approximate surface area is 114 Å². The minimum absolute atomic E-state index is 0.102. The van der Waals surface area contributed by atoms with E-state index in [0.29, 0.717) is 11.3 Å². The fourth-order valence-corrected chi connectivity index (χ4v) is 2.42. The molecule has 108 valence electrons. The zero-order chi connectivity index (χ0) is 14.9. The highest BCUT2D eigenvalue weighted by Gasteiger charge is 2.40. The van der Waals surface area contributed by atoms with E-state index in [-0.39, 0.29) is 25.4 Å². The number of aliphatic carboxylic acids is 2. The second-order valence-corrected chi connectivity index (χ2v) is 4.88. The molecule has 2 unspecified atom stereocenters. The number of carboxylic acids is 2. The molecule has 7 heteroatoms. The van der Waals surface area contributed by atoms with Gasteiger partial charge in [-0.25, -0.2) is 0 Å². The van der Waals surface area contributed by atoms with Crippen molar-refractivity contribution in [2.75, 3.05) is 13.1 Å². The Morgan fingerprint density at radius 2 is 1.90 bits per heavy atom. The molecule has 2 N–H and O–H groups in total. The molecule has 0 aromatic carbocycles. The highest BCUT2D eigenvalue weighted by atomic mass is 16.4. The van der Waals surface area contributed by atoms with Crippen LogP contribution in [-0.4, -0.2) is 46.0 Å². The molecule has 2 heterocycles. The molecule has 1 saturated heterocycles. The van der Waals surface area contributed by atoms with Crippen molar-refractivity contribution in [3.05, 3.63) is 23.7 Å². The fraction of sp³-hybridized carbons (Fsp3) is 0.462. The maximum absolute atomic E-state index is 12.2. The molecule has 1 fully saturated rings. The smallest absolute Gasteiger partial charge is 0.309 e. The minimum Gasteiger partial charge on any atom is -0.481 e. The third-order valence-electron chi connectivity index (χ3n) is 3.51. The van der Waals surface area contributed by atoms with Crippen LogP contribution in [0.25, 0.3) is 0 Å². The Bertz CT molecular complexity index is 549. The van der Waals surface area contributed by atoms with Crippen LogP contribution < -0.4 is 0 Å². The van der Waals surface area contributed by atoms with Gasteiger partial charge in [0.1, 0.15) is 12.0 Å². The summed E-state index contributed by atoms with van der Waals surface area (Å²) in [6.07, 6.45) is 1.45. The molecule has 0 radical (unpaired) electrons. The summed E-state index contributed by atoms with van der Waals surface area (Å²) in [6, 6.07) is 1.57. The van der Waals surface area contributed by atoms with Crippen LogP contribution in [0.2, 0.25) is 0 Å². The number of aryl methyl sites for hydroxylation is 1. The van der Waals surface area contributed by atoms with Crippen LogP contribution in [0.3, 0.4) is 0 Å². The molecule has 0 saturated carbocycles. The van der Waals surface area contributed by atoms with Crippen LogP contribution in [0.1, 0.15) is 22.5 Å². The minimum atomic E-state index is -1.20. The number of nitrogens with zero attached hydrogens (tertiary/aromatic N) is 1. The SMILES string of the molecule is Cc1cc(C(=O)N2CCC(C(=O)O)C(C(=O)O)C2)co1. The van der Waals surface area contributed by atoms with Gasteiger partial charge in [0, 0.05) is 13.1 Å². The van der Waals surface area contributed by atoms with Crippen molar-refractivity contribution in [1.82, 2.24) is 4.90 Å². The van der Waals surface area contributed by atoms with Crippen molar-refractivity contribution < 1.29 is 29.0 Å². The zero-order valence-corrected chi connectivity index (χ0v) is 10.9. The van der Waals surface area contributed by atoms with Gasteiger partial charge in [-0.05, 0) is 19.4 Å². The summed E-state index contributed by atoms with van der Waals surface area (Å²) < 4.78 is 5.05. The number of carbonyl (C=O) groups excluding carboxylic acids is 1. The molecular weight excluding hydrogens is 266 g/mol. The average Bonchev–Trinajstić information content (AvgIpc) is 2.83. The van der Waals surface area contributed by atoms with Gasteiger partial charge in [0.15, 0.2) is 0 Å². The van der Waals surface area contributed by atoms with Gasteiger partial charge >= 0.3 is 11.9 Å². The number of likely N-dealkylation sites (tertiary alicyclic amines) is 1. The first-order chi connectivity index (χ1) is 9.40. The second-order valence-electron chi connectivity index (χ2n) is 4.88. The lowest BCUT2D eigenvalue weighted by Crippen LogP contribution is -2.48. The predicted molar refractivity (Wildman–Crippen MR) is 66.2 cm³/mol. The van der Waals surface area contributed by atoms with E-state index >= 15 is 0 Å². The number of furan rings is 1. The Morgan fingerprint density at radius 1 is 1.25 bits per heavy atom. The number of piperidine rings is 1. The van der Waals surface area contributed by atoms with E-state index in [1.165, 1.54) is 11.2 Å². The van der Waals surface area contributed by atoms with E-state index in [2.05, 4.69) is 0 Å². The lowest BCUT2D eigenvalue weighted by Gasteiger charge is -2.34. The summed E-state index contributed by atoms with van der Waals surface area (Å²) in [7, 11) is 0. The highest BCUT2D eigenvalue weighted by Crippen LogP contribution is 2.25. The number of rotatable bonds is 3. The second kappa shape index (κ2) is 5.36. The molecule has 20 heavy (non-hydrogen) atoms. The van der Waals surface area contributed by atoms with Crippen LogP contribution >= 0.6 is 0 Å². The van der Waals surface area contributed by atoms with Crippen LogP contribution in [0.4, 0.5) is 0 Å². The van der Waals surface area contributed by atoms with Gasteiger partial charge in [-0.2, -0.15) is 0 Å². The quantitative estimate of drug-likeness (QED) is 0.849. The topological polar surface area (TPSA) is 108 Å². The van der Waals surface area contributed by atoms with Gasteiger partial charge in [-0.15, -0.1) is 0 Å². The summed E-state index contributed by atoms with van der Waals surface area (Å²) in [5.41, 5.74) is 0.348. The van der Waals surface area contributed by atoms with E-state index in [1.807, 2.05) is 0 Å². The van der Waals surface area contributed by atoms with Crippen molar-refractivity contribution in [1.29, 1.82) is 0 Å². The van der Waals surface area contributed by atoms with Gasteiger partial charge < -0.3 is 19.5 Å². The van der Waals surface area contributed by atoms with Gasteiger partial charge in [-0.3, -0.25) is 14.4 Å². The number of amides is 1. The molecule has 1 aliphatic heterocycles. The Morgan fingerprint density at radius 3 is 2.40 bits per heavy atom. The normalized spacial score (nSPS) is 22.6. The largest absolute Gasteiger partial charge is 0.481 e. The molecule has 2 rings (SSSR count). The van der Waals surface area contributed by atoms with Crippen molar-refractivity contribution in [2.45, 2.75) is 13.3 Å². The Balaban J connectivity index is 2.14. The van der Waals surface area contributed by atoms with Crippen molar-refractivity contribution >= 4 is 17.8 Å². The molecule has 1 aliphatic rings. The lowest BCUT2D eigenvalue weighted by molar-refractivity contribution is -0.156. The fourth-order valence-electron chi connectivity index (χ4n) is 2.42. The zero-order valence-electron chi connectivity index (χ0n) is 10.9.